The summed E-state index contributed by atoms with van der Waals surface area (Å²) < 4.78 is 0. The summed E-state index contributed by atoms with van der Waals surface area (Å²) in [5.74, 6) is -0.882. The van der Waals surface area contributed by atoms with E-state index in [9.17, 15) is 20.6 Å². The van der Waals surface area contributed by atoms with Crippen molar-refractivity contribution in [2.75, 3.05) is 13.1 Å². The average Bonchev–Trinajstić information content (AvgIpc) is 2.73. The maximum Gasteiger partial charge on any atom is 0.222 e. The molecule has 1 amide bonds. The lowest BCUT2D eigenvalue weighted by atomic mass is 9.58. The molecule has 1 aliphatic carbocycles. The van der Waals surface area contributed by atoms with E-state index < -0.39 is 11.3 Å². The topological polar surface area (TPSA) is 118 Å². The summed E-state index contributed by atoms with van der Waals surface area (Å²) in [6.45, 7) is 2.70. The molecule has 1 aromatic carbocycles. The van der Waals surface area contributed by atoms with Gasteiger partial charge in [0.15, 0.2) is 5.41 Å². The van der Waals surface area contributed by atoms with Gasteiger partial charge in [0.05, 0.1) is 23.4 Å². The van der Waals surface area contributed by atoms with Gasteiger partial charge in [-0.05, 0) is 17.6 Å². The smallest absolute Gasteiger partial charge is 0.222 e. The van der Waals surface area contributed by atoms with Crippen LogP contribution in [0.1, 0.15) is 31.2 Å². The number of nitriles is 3. The van der Waals surface area contributed by atoms with E-state index in [1.54, 1.807) is 4.90 Å². The van der Waals surface area contributed by atoms with Crippen molar-refractivity contribution in [2.24, 2.45) is 17.1 Å². The van der Waals surface area contributed by atoms with Crippen LogP contribution in [0, 0.1) is 45.3 Å². The Kier molecular flexibility index (Phi) is 5.21. The van der Waals surface area contributed by atoms with Crippen LogP contribution in [-0.4, -0.2) is 23.9 Å². The molecule has 2 atom stereocenters. The van der Waals surface area contributed by atoms with Crippen molar-refractivity contribution in [2.45, 2.75) is 25.7 Å². The van der Waals surface area contributed by atoms with Gasteiger partial charge in [-0.2, -0.15) is 15.8 Å². The molecule has 2 unspecified atom stereocenters. The fraction of sp³-hybridized carbons (Fsp3) is 0.364. The fourth-order valence-corrected chi connectivity index (χ4v) is 4.29. The monoisotopic (exact) mass is 371 g/mol. The Labute approximate surface area is 164 Å². The molecule has 0 saturated heterocycles. The van der Waals surface area contributed by atoms with Gasteiger partial charge in [0.1, 0.15) is 6.07 Å². The Hall–Kier alpha value is -3.56. The molecule has 1 aromatic rings. The fourth-order valence-electron chi connectivity index (χ4n) is 4.29. The lowest BCUT2D eigenvalue weighted by Crippen LogP contribution is -2.49. The van der Waals surface area contributed by atoms with Crippen LogP contribution in [0.4, 0.5) is 0 Å². The third-order valence-electron chi connectivity index (χ3n) is 5.64. The van der Waals surface area contributed by atoms with Gasteiger partial charge in [0.2, 0.25) is 5.91 Å². The summed E-state index contributed by atoms with van der Waals surface area (Å²) in [7, 11) is 0. The van der Waals surface area contributed by atoms with Crippen molar-refractivity contribution >= 4 is 5.91 Å². The largest absolute Gasteiger partial charge is 0.399 e. The molecule has 3 rings (SSSR count). The first-order chi connectivity index (χ1) is 13.5. The number of allylic oxidation sites excluding steroid dienone is 2. The molecule has 0 saturated carbocycles. The molecule has 1 heterocycles. The molecule has 0 radical (unpaired) electrons. The van der Waals surface area contributed by atoms with Gasteiger partial charge in [-0.1, -0.05) is 43.3 Å². The van der Waals surface area contributed by atoms with Crippen LogP contribution < -0.4 is 5.73 Å². The van der Waals surface area contributed by atoms with Crippen LogP contribution in [0.15, 0.2) is 53.3 Å². The van der Waals surface area contributed by atoms with E-state index in [1.165, 1.54) is 0 Å². The molecule has 1 aliphatic heterocycles. The predicted octanol–water partition coefficient (Wildman–Crippen LogP) is 2.74. The van der Waals surface area contributed by atoms with Gasteiger partial charge >= 0.3 is 0 Å². The molecule has 6 nitrogen and oxygen atoms in total. The number of hydrogen-bond acceptors (Lipinski definition) is 5. The van der Waals surface area contributed by atoms with E-state index in [2.05, 4.69) is 18.2 Å². The number of rotatable bonds is 3. The molecule has 28 heavy (non-hydrogen) atoms. The summed E-state index contributed by atoms with van der Waals surface area (Å²) in [4.78, 5) is 14.2. The normalized spacial score (nSPS) is 22.9. The molecule has 6 heteroatoms. The van der Waals surface area contributed by atoms with Crippen LogP contribution in [0.25, 0.3) is 0 Å². The van der Waals surface area contributed by atoms with Crippen molar-refractivity contribution in [3.8, 4) is 18.2 Å². The summed E-state index contributed by atoms with van der Waals surface area (Å²) in [6.07, 6.45) is 3.04. The van der Waals surface area contributed by atoms with E-state index in [0.29, 0.717) is 19.5 Å². The number of nitrogens with two attached hydrogens (primary N) is 1. The van der Waals surface area contributed by atoms with E-state index in [4.69, 9.17) is 5.73 Å². The third kappa shape index (κ3) is 2.82. The van der Waals surface area contributed by atoms with E-state index >= 15 is 0 Å². The highest BCUT2D eigenvalue weighted by molar-refractivity contribution is 5.77. The van der Waals surface area contributed by atoms with E-state index in [0.717, 1.165) is 17.6 Å². The average molecular weight is 371 g/mol. The lowest BCUT2D eigenvalue weighted by molar-refractivity contribution is -0.131. The van der Waals surface area contributed by atoms with E-state index in [1.807, 2.05) is 43.3 Å². The van der Waals surface area contributed by atoms with Gasteiger partial charge in [-0.3, -0.25) is 4.79 Å². The second kappa shape index (κ2) is 7.59. The molecule has 0 bridgehead atoms. The van der Waals surface area contributed by atoms with Gasteiger partial charge in [-0.15, -0.1) is 0 Å². The van der Waals surface area contributed by atoms with Crippen molar-refractivity contribution in [3.05, 3.63) is 58.8 Å². The van der Waals surface area contributed by atoms with Crippen LogP contribution in [0.5, 0.6) is 0 Å². The molecule has 0 fully saturated rings. The van der Waals surface area contributed by atoms with Crippen LogP contribution >= 0.6 is 0 Å². The third-order valence-corrected chi connectivity index (χ3v) is 5.64. The Bertz CT molecular complexity index is 957. The van der Waals surface area contributed by atoms with Gasteiger partial charge in [0, 0.05) is 31.3 Å². The molecular weight excluding hydrogens is 350 g/mol. The van der Waals surface area contributed by atoms with Gasteiger partial charge < -0.3 is 10.6 Å². The Morgan fingerprint density at radius 1 is 1.25 bits per heavy atom. The van der Waals surface area contributed by atoms with Crippen LogP contribution in [0.2, 0.25) is 0 Å². The summed E-state index contributed by atoms with van der Waals surface area (Å²) >= 11 is 0. The van der Waals surface area contributed by atoms with E-state index in [-0.39, 0.29) is 23.1 Å². The van der Waals surface area contributed by atoms with Crippen molar-refractivity contribution in [3.63, 3.8) is 0 Å². The second-order valence-electron chi connectivity index (χ2n) is 7.14. The number of nitrogens with zero attached hydrogens (tertiary/aromatic N) is 4. The highest BCUT2D eigenvalue weighted by atomic mass is 16.2. The number of amides is 1. The highest BCUT2D eigenvalue weighted by Crippen LogP contribution is 2.54. The second-order valence-corrected chi connectivity index (χ2v) is 7.14. The first kappa shape index (κ1) is 19.2. The SMILES string of the molecule is CCCC(=O)N1CC=C2C(C#N)=C(N)C(C#N)(C#N)C(c3ccccc3)C2C1. The Balaban J connectivity index is 2.22. The summed E-state index contributed by atoms with van der Waals surface area (Å²) in [5.41, 5.74) is 6.33. The van der Waals surface area contributed by atoms with Crippen molar-refractivity contribution < 1.29 is 4.79 Å². The number of carbonyl (C=O) groups is 1. The maximum atomic E-state index is 12.5. The number of hydrogen-bond donors (Lipinski definition) is 1. The lowest BCUT2D eigenvalue weighted by Gasteiger charge is -2.45. The van der Waals surface area contributed by atoms with Gasteiger partial charge in [-0.25, -0.2) is 0 Å². The highest BCUT2D eigenvalue weighted by Gasteiger charge is 2.54. The number of benzene rings is 1. The first-order valence-electron chi connectivity index (χ1n) is 9.30. The summed E-state index contributed by atoms with van der Waals surface area (Å²) in [6, 6.07) is 15.6. The molecule has 2 N–H and O–H groups in total. The van der Waals surface area contributed by atoms with Gasteiger partial charge in [0.25, 0.3) is 0 Å². The first-order valence-corrected chi connectivity index (χ1v) is 9.30. The van der Waals surface area contributed by atoms with Crippen molar-refractivity contribution in [1.82, 2.24) is 4.90 Å². The predicted molar refractivity (Wildman–Crippen MR) is 103 cm³/mol. The Morgan fingerprint density at radius 2 is 1.93 bits per heavy atom. The zero-order chi connectivity index (χ0) is 20.3. The molecular formula is C22H21N5O. The zero-order valence-corrected chi connectivity index (χ0v) is 15.7. The minimum Gasteiger partial charge on any atom is -0.399 e. The summed E-state index contributed by atoms with van der Waals surface area (Å²) in [5, 5.41) is 29.7. The Morgan fingerprint density at radius 3 is 2.50 bits per heavy atom. The maximum absolute atomic E-state index is 12.5. The minimum atomic E-state index is -1.66. The standard InChI is InChI=1S/C22H21N5O/c1-2-6-19(28)27-10-9-16-17(11-23)21(26)22(13-24,14-25)20(18(16)12-27)15-7-4-3-5-8-15/h3-5,7-9,18,20H,2,6,10,12,26H2,1H3. The quantitative estimate of drug-likeness (QED) is 0.876. The number of carbonyl (C=O) groups excluding carboxylic acids is 1. The van der Waals surface area contributed by atoms with Crippen molar-refractivity contribution in [1.29, 1.82) is 15.8 Å². The molecule has 2 aliphatic rings. The zero-order valence-electron chi connectivity index (χ0n) is 15.7. The molecule has 0 spiro atoms. The number of fused-ring (bicyclic) bond motifs is 1. The molecule has 0 aromatic heterocycles. The minimum absolute atomic E-state index is 0.00434. The van der Waals surface area contributed by atoms with Crippen LogP contribution in [-0.2, 0) is 4.79 Å². The molecule has 140 valence electrons. The van der Waals surface area contributed by atoms with Crippen LogP contribution in [0.3, 0.4) is 0 Å².